The molecule has 0 aliphatic rings. The van der Waals surface area contributed by atoms with Crippen LogP contribution in [0.15, 0.2) is 6.07 Å². The Bertz CT molecular complexity index is 429. The van der Waals surface area contributed by atoms with Crippen molar-refractivity contribution in [2.75, 3.05) is 7.11 Å². The maximum atomic E-state index is 12.6. The van der Waals surface area contributed by atoms with Gasteiger partial charge in [0.15, 0.2) is 0 Å². The van der Waals surface area contributed by atoms with Gasteiger partial charge in [0.25, 0.3) is 6.43 Å². The lowest BCUT2D eigenvalue weighted by Crippen LogP contribution is -2.09. The first kappa shape index (κ1) is 14.3. The highest BCUT2D eigenvalue weighted by atomic mass is 79.9. The van der Waals surface area contributed by atoms with E-state index < -0.39 is 12.4 Å². The van der Waals surface area contributed by atoms with E-state index in [9.17, 15) is 13.6 Å². The zero-order valence-electron chi connectivity index (χ0n) is 8.84. The van der Waals surface area contributed by atoms with Gasteiger partial charge in [0.1, 0.15) is 5.15 Å². The number of hydrogen-bond donors (Lipinski definition) is 0. The van der Waals surface area contributed by atoms with Crippen LogP contribution in [0.2, 0.25) is 5.15 Å². The van der Waals surface area contributed by atoms with Crippen LogP contribution in [0.4, 0.5) is 8.78 Å². The number of methoxy groups -OCH3 is 1. The van der Waals surface area contributed by atoms with Gasteiger partial charge in [-0.25, -0.2) is 13.8 Å². The van der Waals surface area contributed by atoms with Crippen molar-refractivity contribution in [3.63, 3.8) is 0 Å². The molecule has 7 heteroatoms. The van der Waals surface area contributed by atoms with Crippen LogP contribution in [0.25, 0.3) is 0 Å². The summed E-state index contributed by atoms with van der Waals surface area (Å²) in [6.07, 6.45) is -2.79. The average Bonchev–Trinajstić information content (AvgIpc) is 2.28. The number of alkyl halides is 3. The van der Waals surface area contributed by atoms with Crippen LogP contribution in [0, 0.1) is 0 Å². The molecule has 0 bridgehead atoms. The molecule has 1 aromatic heterocycles. The Morgan fingerprint density at radius 2 is 2.29 bits per heavy atom. The molecule has 1 heterocycles. The number of hydrogen-bond acceptors (Lipinski definition) is 3. The van der Waals surface area contributed by atoms with Gasteiger partial charge in [-0.1, -0.05) is 27.5 Å². The Kier molecular flexibility index (Phi) is 5.27. The summed E-state index contributed by atoms with van der Waals surface area (Å²) in [6.45, 7) is 0. The van der Waals surface area contributed by atoms with E-state index >= 15 is 0 Å². The van der Waals surface area contributed by atoms with E-state index in [-0.39, 0.29) is 17.1 Å². The Hall–Kier alpha value is -0.750. The first-order valence-electron chi connectivity index (χ1n) is 4.58. The Morgan fingerprint density at radius 1 is 1.65 bits per heavy atom. The standard InChI is InChI=1S/C10H9BrClF2NO2/c1-17-8(16)3-7-5(4-11)2-6(10(13)14)9(12)15-7/h2,10H,3-4H2,1H3. The molecular weight excluding hydrogens is 319 g/mol. The molecule has 94 valence electrons. The summed E-state index contributed by atoms with van der Waals surface area (Å²) in [5.74, 6) is -0.499. The molecule has 0 aliphatic heterocycles. The number of nitrogens with zero attached hydrogens (tertiary/aromatic N) is 1. The molecular formula is C10H9BrClF2NO2. The second-order valence-electron chi connectivity index (χ2n) is 3.16. The highest BCUT2D eigenvalue weighted by Crippen LogP contribution is 2.28. The number of ether oxygens (including phenoxy) is 1. The minimum absolute atomic E-state index is 0.0966. The molecule has 0 aromatic carbocycles. The average molecular weight is 329 g/mol. The smallest absolute Gasteiger partial charge is 0.311 e. The normalized spacial score (nSPS) is 10.7. The fourth-order valence-electron chi connectivity index (χ4n) is 1.22. The van der Waals surface area contributed by atoms with Crippen LogP contribution in [0.1, 0.15) is 23.2 Å². The number of pyridine rings is 1. The predicted molar refractivity (Wildman–Crippen MR) is 62.6 cm³/mol. The summed E-state index contributed by atoms with van der Waals surface area (Å²) in [6, 6.07) is 1.24. The van der Waals surface area contributed by atoms with Crippen molar-refractivity contribution >= 4 is 33.5 Å². The molecule has 0 unspecified atom stereocenters. The second-order valence-corrected chi connectivity index (χ2v) is 4.08. The summed E-state index contributed by atoms with van der Waals surface area (Å²) >= 11 is 8.77. The third kappa shape index (κ3) is 3.61. The number of rotatable bonds is 4. The van der Waals surface area contributed by atoms with Crippen LogP contribution < -0.4 is 0 Å². The van der Waals surface area contributed by atoms with Crippen LogP contribution >= 0.6 is 27.5 Å². The number of esters is 1. The molecule has 17 heavy (non-hydrogen) atoms. The number of aromatic nitrogens is 1. The van der Waals surface area contributed by atoms with Crippen molar-refractivity contribution in [3.8, 4) is 0 Å². The van der Waals surface area contributed by atoms with Crippen molar-refractivity contribution in [2.24, 2.45) is 0 Å². The zero-order chi connectivity index (χ0) is 13.0. The van der Waals surface area contributed by atoms with Crippen LogP contribution in [-0.4, -0.2) is 18.1 Å². The monoisotopic (exact) mass is 327 g/mol. The van der Waals surface area contributed by atoms with E-state index in [0.29, 0.717) is 16.6 Å². The van der Waals surface area contributed by atoms with Gasteiger partial charge in [-0.2, -0.15) is 0 Å². The van der Waals surface area contributed by atoms with Crippen molar-refractivity contribution in [1.82, 2.24) is 4.98 Å². The third-order valence-electron chi connectivity index (χ3n) is 2.09. The molecule has 0 amide bonds. The SMILES string of the molecule is COC(=O)Cc1nc(Cl)c(C(F)F)cc1CBr. The van der Waals surface area contributed by atoms with Gasteiger partial charge >= 0.3 is 5.97 Å². The summed E-state index contributed by atoms with van der Waals surface area (Å²) in [7, 11) is 1.24. The van der Waals surface area contributed by atoms with Crippen LogP contribution in [-0.2, 0) is 21.3 Å². The number of halogens is 4. The second kappa shape index (κ2) is 6.26. The molecule has 1 aromatic rings. The van der Waals surface area contributed by atoms with Crippen molar-refractivity contribution in [1.29, 1.82) is 0 Å². The maximum absolute atomic E-state index is 12.6. The molecule has 0 spiro atoms. The lowest BCUT2D eigenvalue weighted by Gasteiger charge is -2.09. The number of carbonyl (C=O) groups excluding carboxylic acids is 1. The highest BCUT2D eigenvalue weighted by molar-refractivity contribution is 9.08. The Balaban J connectivity index is 3.14. The minimum Gasteiger partial charge on any atom is -0.469 e. The van der Waals surface area contributed by atoms with E-state index in [1.54, 1.807) is 0 Å². The van der Waals surface area contributed by atoms with E-state index in [4.69, 9.17) is 11.6 Å². The largest absolute Gasteiger partial charge is 0.469 e. The molecule has 0 saturated carbocycles. The van der Waals surface area contributed by atoms with Crippen molar-refractivity contribution in [3.05, 3.63) is 28.0 Å². The maximum Gasteiger partial charge on any atom is 0.311 e. The van der Waals surface area contributed by atoms with Gasteiger partial charge in [-0.05, 0) is 11.6 Å². The summed E-state index contributed by atoms with van der Waals surface area (Å²) in [4.78, 5) is 14.9. The van der Waals surface area contributed by atoms with Crippen molar-refractivity contribution < 1.29 is 18.3 Å². The summed E-state index contributed by atoms with van der Waals surface area (Å²) in [5.41, 5.74) is 0.493. The van der Waals surface area contributed by atoms with Gasteiger partial charge in [0, 0.05) is 5.33 Å². The minimum atomic E-state index is -2.69. The van der Waals surface area contributed by atoms with Gasteiger partial charge < -0.3 is 4.74 Å². The molecule has 0 atom stereocenters. The fraction of sp³-hybridized carbons (Fsp3) is 0.400. The zero-order valence-corrected chi connectivity index (χ0v) is 11.2. The summed E-state index contributed by atoms with van der Waals surface area (Å²) < 4.78 is 29.6. The highest BCUT2D eigenvalue weighted by Gasteiger charge is 2.18. The first-order chi connectivity index (χ1) is 7.99. The number of carbonyl (C=O) groups is 1. The fourth-order valence-corrected chi connectivity index (χ4v) is 1.94. The molecule has 3 nitrogen and oxygen atoms in total. The van der Waals surface area contributed by atoms with Gasteiger partial charge in [-0.3, -0.25) is 4.79 Å². The Morgan fingerprint density at radius 3 is 2.76 bits per heavy atom. The van der Waals surface area contributed by atoms with Crippen molar-refractivity contribution in [2.45, 2.75) is 18.2 Å². The molecule has 0 radical (unpaired) electrons. The predicted octanol–water partition coefficient (Wildman–Crippen LogP) is 3.28. The molecule has 0 aliphatic carbocycles. The topological polar surface area (TPSA) is 39.2 Å². The van der Waals surface area contributed by atoms with E-state index in [1.165, 1.54) is 13.2 Å². The van der Waals surface area contributed by atoms with E-state index in [0.717, 1.165) is 0 Å². The Labute approximate surface area is 110 Å². The molecule has 1 rings (SSSR count). The third-order valence-corrected chi connectivity index (χ3v) is 3.00. The first-order valence-corrected chi connectivity index (χ1v) is 6.08. The quantitative estimate of drug-likeness (QED) is 0.484. The molecule has 0 saturated heterocycles. The van der Waals surface area contributed by atoms with Crippen LogP contribution in [0.3, 0.4) is 0 Å². The van der Waals surface area contributed by atoms with E-state index in [2.05, 4.69) is 25.7 Å². The lowest BCUT2D eigenvalue weighted by atomic mass is 10.1. The molecule has 0 fully saturated rings. The van der Waals surface area contributed by atoms with Gasteiger partial charge in [0.05, 0.1) is 24.8 Å². The van der Waals surface area contributed by atoms with E-state index in [1.807, 2.05) is 0 Å². The summed E-state index contributed by atoms with van der Waals surface area (Å²) in [5, 5.41) is 0.0204. The molecule has 0 N–H and O–H groups in total. The lowest BCUT2D eigenvalue weighted by molar-refractivity contribution is -0.139. The van der Waals surface area contributed by atoms with Gasteiger partial charge in [-0.15, -0.1) is 0 Å². The van der Waals surface area contributed by atoms with Crippen LogP contribution in [0.5, 0.6) is 0 Å². The van der Waals surface area contributed by atoms with Gasteiger partial charge in [0.2, 0.25) is 0 Å².